The summed E-state index contributed by atoms with van der Waals surface area (Å²) in [6.07, 6.45) is -4.45. The molecule has 1 amide bonds. The number of alkyl halides is 3. The normalized spacial score (nSPS) is 11.3. The van der Waals surface area contributed by atoms with Gasteiger partial charge in [-0.25, -0.2) is 0 Å². The van der Waals surface area contributed by atoms with Gasteiger partial charge in [-0.2, -0.15) is 13.2 Å². The predicted molar refractivity (Wildman–Crippen MR) is 93.3 cm³/mol. The highest BCUT2D eigenvalue weighted by Crippen LogP contribution is 2.32. The molecular weight excluding hydrogens is 359 g/mol. The van der Waals surface area contributed by atoms with Crippen LogP contribution in [0.1, 0.15) is 21.7 Å². The standard InChI is InChI=1S/C20H16F3NO3/c1-26-16-8-3-2-5-14(16)12-24-19(25)18-10-9-17(27-18)13-6-4-7-15(11-13)20(21,22)23/h2-11H,12H2,1H3,(H,24,25). The molecule has 0 saturated carbocycles. The zero-order valence-electron chi connectivity index (χ0n) is 14.3. The number of halogens is 3. The van der Waals surface area contributed by atoms with Gasteiger partial charge in [-0.1, -0.05) is 30.3 Å². The first-order valence-corrected chi connectivity index (χ1v) is 8.06. The Balaban J connectivity index is 1.73. The molecule has 0 radical (unpaired) electrons. The Bertz CT molecular complexity index is 947. The third kappa shape index (κ3) is 4.31. The van der Waals surface area contributed by atoms with Gasteiger partial charge in [-0.15, -0.1) is 0 Å². The van der Waals surface area contributed by atoms with Gasteiger partial charge in [0.05, 0.1) is 12.7 Å². The number of benzene rings is 2. The van der Waals surface area contributed by atoms with Crippen LogP contribution < -0.4 is 10.1 Å². The average molecular weight is 375 g/mol. The van der Waals surface area contributed by atoms with Crippen molar-refractivity contribution in [2.24, 2.45) is 0 Å². The maximum atomic E-state index is 12.8. The first-order valence-electron chi connectivity index (χ1n) is 8.06. The van der Waals surface area contributed by atoms with Gasteiger partial charge in [0.2, 0.25) is 0 Å². The zero-order valence-corrected chi connectivity index (χ0v) is 14.3. The van der Waals surface area contributed by atoms with Gasteiger partial charge in [-0.05, 0) is 30.3 Å². The van der Waals surface area contributed by atoms with Crippen LogP contribution in [0.3, 0.4) is 0 Å². The van der Waals surface area contributed by atoms with E-state index in [0.717, 1.165) is 17.7 Å². The van der Waals surface area contributed by atoms with Crippen LogP contribution in [0.15, 0.2) is 65.1 Å². The number of methoxy groups -OCH3 is 1. The van der Waals surface area contributed by atoms with E-state index in [4.69, 9.17) is 9.15 Å². The molecule has 0 atom stereocenters. The lowest BCUT2D eigenvalue weighted by atomic mass is 10.1. The summed E-state index contributed by atoms with van der Waals surface area (Å²) in [5, 5.41) is 2.70. The molecule has 0 aliphatic carbocycles. The van der Waals surface area contributed by atoms with Crippen LogP contribution in [0.2, 0.25) is 0 Å². The monoisotopic (exact) mass is 375 g/mol. The molecule has 27 heavy (non-hydrogen) atoms. The Labute approximate surface area is 153 Å². The molecule has 3 rings (SSSR count). The van der Waals surface area contributed by atoms with Crippen LogP contribution in [0.5, 0.6) is 5.75 Å². The van der Waals surface area contributed by atoms with Gasteiger partial charge in [0, 0.05) is 17.7 Å². The lowest BCUT2D eigenvalue weighted by Crippen LogP contribution is -2.22. The van der Waals surface area contributed by atoms with Crippen molar-refractivity contribution in [1.82, 2.24) is 5.32 Å². The van der Waals surface area contributed by atoms with Crippen molar-refractivity contribution in [2.75, 3.05) is 7.11 Å². The van der Waals surface area contributed by atoms with Crippen LogP contribution in [-0.2, 0) is 12.7 Å². The summed E-state index contributed by atoms with van der Waals surface area (Å²) in [4.78, 5) is 12.3. The first-order chi connectivity index (χ1) is 12.9. The number of amides is 1. The molecule has 1 aromatic heterocycles. The van der Waals surface area contributed by atoms with Crippen LogP contribution in [0.25, 0.3) is 11.3 Å². The average Bonchev–Trinajstić information content (AvgIpc) is 3.16. The molecule has 0 bridgehead atoms. The van der Waals surface area contributed by atoms with Crippen molar-refractivity contribution in [3.05, 3.63) is 77.6 Å². The Morgan fingerprint density at radius 3 is 2.59 bits per heavy atom. The summed E-state index contributed by atoms with van der Waals surface area (Å²) in [6, 6.07) is 14.9. The number of rotatable bonds is 5. The van der Waals surface area contributed by atoms with Crippen molar-refractivity contribution in [3.63, 3.8) is 0 Å². The summed E-state index contributed by atoms with van der Waals surface area (Å²) in [5.41, 5.74) is 0.255. The fourth-order valence-corrected chi connectivity index (χ4v) is 2.58. The molecule has 0 saturated heterocycles. The number of nitrogens with one attached hydrogen (secondary N) is 1. The Hall–Kier alpha value is -3.22. The Morgan fingerprint density at radius 1 is 1.07 bits per heavy atom. The summed E-state index contributed by atoms with van der Waals surface area (Å²) in [6.45, 7) is 0.225. The van der Waals surface area contributed by atoms with Crippen molar-refractivity contribution in [1.29, 1.82) is 0 Å². The van der Waals surface area contributed by atoms with Gasteiger partial charge >= 0.3 is 6.18 Å². The summed E-state index contributed by atoms with van der Waals surface area (Å²) in [7, 11) is 1.54. The minimum atomic E-state index is -4.45. The smallest absolute Gasteiger partial charge is 0.416 e. The van der Waals surface area contributed by atoms with Crippen LogP contribution in [-0.4, -0.2) is 13.0 Å². The van der Waals surface area contributed by atoms with Gasteiger partial charge in [0.1, 0.15) is 11.5 Å². The van der Waals surface area contributed by atoms with E-state index in [1.54, 1.807) is 6.07 Å². The third-order valence-corrected chi connectivity index (χ3v) is 3.94. The molecule has 0 unspecified atom stereocenters. The molecule has 4 nitrogen and oxygen atoms in total. The Kier molecular flexibility index (Phi) is 5.21. The van der Waals surface area contributed by atoms with Crippen molar-refractivity contribution < 1.29 is 27.1 Å². The van der Waals surface area contributed by atoms with E-state index in [-0.39, 0.29) is 23.6 Å². The van der Waals surface area contributed by atoms with Gasteiger partial charge in [-0.3, -0.25) is 4.79 Å². The highest BCUT2D eigenvalue weighted by molar-refractivity contribution is 5.92. The maximum Gasteiger partial charge on any atom is 0.416 e. The second kappa shape index (κ2) is 7.57. The number of hydrogen-bond donors (Lipinski definition) is 1. The van der Waals surface area contributed by atoms with Crippen LogP contribution >= 0.6 is 0 Å². The number of hydrogen-bond acceptors (Lipinski definition) is 3. The summed E-state index contributed by atoms with van der Waals surface area (Å²) in [5.74, 6) is 0.363. The largest absolute Gasteiger partial charge is 0.496 e. The van der Waals surface area contributed by atoms with E-state index in [2.05, 4.69) is 5.32 Å². The quantitative estimate of drug-likeness (QED) is 0.690. The second-order valence-corrected chi connectivity index (χ2v) is 5.74. The molecule has 0 fully saturated rings. The number of furan rings is 1. The molecule has 7 heteroatoms. The highest BCUT2D eigenvalue weighted by atomic mass is 19.4. The van der Waals surface area contributed by atoms with Crippen LogP contribution in [0.4, 0.5) is 13.2 Å². The third-order valence-electron chi connectivity index (χ3n) is 3.94. The number of ether oxygens (including phenoxy) is 1. The number of para-hydroxylation sites is 1. The van der Waals surface area contributed by atoms with E-state index in [1.807, 2.05) is 18.2 Å². The van der Waals surface area contributed by atoms with Crippen molar-refractivity contribution >= 4 is 5.91 Å². The zero-order chi connectivity index (χ0) is 19.4. The molecule has 140 valence electrons. The molecule has 1 heterocycles. The van der Waals surface area contributed by atoms with Crippen LogP contribution in [0, 0.1) is 0 Å². The van der Waals surface area contributed by atoms with Crippen molar-refractivity contribution in [2.45, 2.75) is 12.7 Å². The molecular formula is C20H16F3NO3. The minimum absolute atomic E-state index is 0.0114. The lowest BCUT2D eigenvalue weighted by molar-refractivity contribution is -0.137. The number of carbonyl (C=O) groups is 1. The van der Waals surface area contributed by atoms with E-state index in [9.17, 15) is 18.0 Å². The SMILES string of the molecule is COc1ccccc1CNC(=O)c1ccc(-c2cccc(C(F)(F)F)c2)o1. The molecule has 2 aromatic carbocycles. The van der Waals surface area contributed by atoms with E-state index < -0.39 is 17.6 Å². The van der Waals surface area contributed by atoms with Gasteiger partial charge in [0.15, 0.2) is 5.76 Å². The first kappa shape index (κ1) is 18.6. The molecule has 0 aliphatic heterocycles. The lowest BCUT2D eigenvalue weighted by Gasteiger charge is -2.09. The van der Waals surface area contributed by atoms with E-state index in [0.29, 0.717) is 5.75 Å². The van der Waals surface area contributed by atoms with Gasteiger partial charge < -0.3 is 14.5 Å². The fourth-order valence-electron chi connectivity index (χ4n) is 2.58. The topological polar surface area (TPSA) is 51.5 Å². The highest BCUT2D eigenvalue weighted by Gasteiger charge is 2.30. The van der Waals surface area contributed by atoms with E-state index >= 15 is 0 Å². The maximum absolute atomic E-state index is 12.8. The Morgan fingerprint density at radius 2 is 1.85 bits per heavy atom. The second-order valence-electron chi connectivity index (χ2n) is 5.74. The minimum Gasteiger partial charge on any atom is -0.496 e. The summed E-state index contributed by atoms with van der Waals surface area (Å²) >= 11 is 0. The molecule has 0 spiro atoms. The number of carbonyl (C=O) groups excluding carboxylic acids is 1. The fraction of sp³-hybridized carbons (Fsp3) is 0.150. The molecule has 0 aliphatic rings. The van der Waals surface area contributed by atoms with E-state index in [1.165, 1.54) is 31.4 Å². The van der Waals surface area contributed by atoms with Crippen molar-refractivity contribution in [3.8, 4) is 17.1 Å². The molecule has 3 aromatic rings. The predicted octanol–water partition coefficient (Wildman–Crippen LogP) is 4.90. The summed E-state index contributed by atoms with van der Waals surface area (Å²) < 4.78 is 49.2. The molecule has 1 N–H and O–H groups in total. The van der Waals surface area contributed by atoms with Gasteiger partial charge in [0.25, 0.3) is 5.91 Å².